The fourth-order valence-corrected chi connectivity index (χ4v) is 5.01. The highest BCUT2D eigenvalue weighted by atomic mass is 32.3. The highest BCUT2D eigenvalue weighted by Gasteiger charge is 2.47. The molecule has 2 rings (SSSR count). The second-order valence-corrected chi connectivity index (χ2v) is 13.3. The van der Waals surface area contributed by atoms with Crippen molar-refractivity contribution >= 4 is 31.7 Å². The number of alkyl halides is 6. The van der Waals surface area contributed by atoms with Gasteiger partial charge in [-0.2, -0.15) is 26.3 Å². The van der Waals surface area contributed by atoms with E-state index in [0.717, 1.165) is 53.1 Å². The van der Waals surface area contributed by atoms with Gasteiger partial charge < -0.3 is 14.2 Å². The van der Waals surface area contributed by atoms with E-state index < -0.39 is 36.6 Å². The lowest BCUT2D eigenvalue weighted by atomic mass is 9.92. The van der Waals surface area contributed by atoms with Crippen molar-refractivity contribution in [3.05, 3.63) is 64.8 Å². The molecule has 1 aromatic heterocycles. The highest BCUT2D eigenvalue weighted by molar-refractivity contribution is 8.13. The van der Waals surface area contributed by atoms with Crippen molar-refractivity contribution in [3.8, 4) is 0 Å². The Hall–Kier alpha value is -3.12. The number of carbonyl (C=O) groups is 1. The Kier molecular flexibility index (Phi) is 13.3. The quantitative estimate of drug-likeness (QED) is 0.178. The molecule has 0 aliphatic carbocycles. The van der Waals surface area contributed by atoms with Crippen LogP contribution < -0.4 is 9.88 Å². The number of nitrogens with zero attached hydrogens (tertiary/aromatic N) is 3. The minimum Gasteiger partial charge on any atom is -0.450 e. The number of aryl methyl sites for hydroxylation is 2. The summed E-state index contributed by atoms with van der Waals surface area (Å²) in [5, 5.41) is 2.97. The van der Waals surface area contributed by atoms with Crippen molar-refractivity contribution in [1.82, 2.24) is 9.88 Å². The topological polar surface area (TPSA) is 130 Å². The maximum absolute atomic E-state index is 12.2. The van der Waals surface area contributed by atoms with Gasteiger partial charge in [-0.05, 0) is 63.6 Å². The molecule has 0 fully saturated rings. The SMILES string of the molecule is C=C(C)c1cccc(C(C)(C)NC(=O)OCCCCCCn2cc[n+](C)c2)c1.O=S(=O)([N-]S(=O)(=O)C(F)(F)F)C(F)(F)F. The molecule has 1 aromatic carbocycles. The molecule has 0 unspecified atom stereocenters. The Labute approximate surface area is 246 Å². The van der Waals surface area contributed by atoms with E-state index in [1.165, 1.54) is 0 Å². The molecule has 2 aromatic rings. The van der Waals surface area contributed by atoms with Crippen LogP contribution in [0.1, 0.15) is 57.6 Å². The summed E-state index contributed by atoms with van der Waals surface area (Å²) in [4.78, 5) is 12.2. The van der Waals surface area contributed by atoms with Crippen molar-refractivity contribution in [2.45, 2.75) is 69.6 Å². The number of unbranched alkanes of at least 4 members (excludes halogenated alkanes) is 3. The van der Waals surface area contributed by atoms with Crippen LogP contribution in [-0.2, 0) is 43.9 Å². The summed E-state index contributed by atoms with van der Waals surface area (Å²) < 4.78 is 119. The van der Waals surface area contributed by atoms with Crippen LogP contribution in [0.15, 0.2) is 49.6 Å². The lowest BCUT2D eigenvalue weighted by Crippen LogP contribution is -2.41. The summed E-state index contributed by atoms with van der Waals surface area (Å²) in [6.07, 6.45) is 10.1. The van der Waals surface area contributed by atoms with Crippen LogP contribution in [0.25, 0.3) is 9.70 Å². The number of amides is 1. The average molecular weight is 665 g/mol. The number of imidazole rings is 1. The molecule has 0 spiro atoms. The third-order valence-corrected chi connectivity index (χ3v) is 8.38. The maximum atomic E-state index is 12.2. The van der Waals surface area contributed by atoms with E-state index in [4.69, 9.17) is 4.74 Å². The number of allylic oxidation sites excluding steroid dienone is 1. The van der Waals surface area contributed by atoms with Crippen molar-refractivity contribution in [2.75, 3.05) is 6.61 Å². The van der Waals surface area contributed by atoms with Crippen molar-refractivity contribution in [3.63, 3.8) is 0 Å². The molecule has 1 heterocycles. The van der Waals surface area contributed by atoms with E-state index in [1.807, 2.05) is 56.8 Å². The molecule has 18 heteroatoms. The summed E-state index contributed by atoms with van der Waals surface area (Å²) in [7, 11) is -11.4. The van der Waals surface area contributed by atoms with Crippen LogP contribution in [0.5, 0.6) is 0 Å². The summed E-state index contributed by atoms with van der Waals surface area (Å²) in [6.45, 7) is 11.4. The van der Waals surface area contributed by atoms with Gasteiger partial charge in [-0.25, -0.2) is 30.8 Å². The van der Waals surface area contributed by atoms with Crippen LogP contribution in [0.2, 0.25) is 0 Å². The summed E-state index contributed by atoms with van der Waals surface area (Å²) in [5.41, 5.74) is -9.80. The monoisotopic (exact) mass is 664 g/mol. The molecule has 0 atom stereocenters. The third-order valence-electron chi connectivity index (χ3n) is 5.64. The Morgan fingerprint density at radius 2 is 1.56 bits per heavy atom. The molecule has 10 nitrogen and oxygen atoms in total. The number of hydrogen-bond donors (Lipinski definition) is 1. The summed E-state index contributed by atoms with van der Waals surface area (Å²) in [5.74, 6) is 0. The second kappa shape index (κ2) is 15.1. The molecule has 0 bridgehead atoms. The molecule has 0 aliphatic rings. The van der Waals surface area contributed by atoms with E-state index in [9.17, 15) is 48.0 Å². The van der Waals surface area contributed by atoms with Crippen LogP contribution in [-0.4, -0.2) is 45.1 Å². The first-order valence-electron chi connectivity index (χ1n) is 12.6. The smallest absolute Gasteiger partial charge is 0.450 e. The van der Waals surface area contributed by atoms with Gasteiger partial charge in [0.15, 0.2) is 20.0 Å². The number of nitrogens with one attached hydrogen (secondary N) is 1. The van der Waals surface area contributed by atoms with Gasteiger partial charge in [0, 0.05) is 0 Å². The zero-order valence-electron chi connectivity index (χ0n) is 23.9. The Morgan fingerprint density at radius 3 is 2.05 bits per heavy atom. The van der Waals surface area contributed by atoms with Crippen LogP contribution in [0.3, 0.4) is 0 Å². The number of carbonyl (C=O) groups excluding carboxylic acids is 1. The molecule has 0 radical (unpaired) electrons. The number of alkyl carbamates (subject to hydrolysis) is 1. The van der Waals surface area contributed by atoms with Crippen molar-refractivity contribution in [2.24, 2.45) is 7.05 Å². The van der Waals surface area contributed by atoms with Crippen LogP contribution in [0.4, 0.5) is 31.1 Å². The molecule has 0 saturated carbocycles. The number of aromatic nitrogens is 2. The lowest BCUT2D eigenvalue weighted by Gasteiger charge is -2.27. The Balaban J connectivity index is 0.000000523. The number of benzene rings is 1. The molecule has 244 valence electrons. The summed E-state index contributed by atoms with van der Waals surface area (Å²) in [6, 6.07) is 8.09. The van der Waals surface area contributed by atoms with Crippen LogP contribution in [0, 0.1) is 0 Å². The lowest BCUT2D eigenvalue weighted by molar-refractivity contribution is -0.671. The van der Waals surface area contributed by atoms with E-state index in [2.05, 4.69) is 35.1 Å². The largest absolute Gasteiger partial charge is 0.480 e. The Bertz CT molecular complexity index is 1410. The second-order valence-electron chi connectivity index (χ2n) is 9.89. The summed E-state index contributed by atoms with van der Waals surface area (Å²) >= 11 is 0. The molecule has 0 aliphatic heterocycles. The van der Waals surface area contributed by atoms with Crippen molar-refractivity contribution < 1.29 is 57.3 Å². The highest BCUT2D eigenvalue weighted by Crippen LogP contribution is 2.36. The normalized spacial score (nSPS) is 12.7. The molecular weight excluding hydrogens is 630 g/mol. The predicted molar refractivity (Wildman–Crippen MR) is 146 cm³/mol. The van der Waals surface area contributed by atoms with E-state index in [1.54, 1.807) is 0 Å². The zero-order valence-corrected chi connectivity index (χ0v) is 25.5. The van der Waals surface area contributed by atoms with Crippen LogP contribution >= 0.6 is 0 Å². The van der Waals surface area contributed by atoms with Gasteiger partial charge in [0.1, 0.15) is 12.4 Å². The van der Waals surface area contributed by atoms with E-state index in [-0.39, 0.29) is 6.09 Å². The van der Waals surface area contributed by atoms with Gasteiger partial charge in [0.2, 0.25) is 6.33 Å². The van der Waals surface area contributed by atoms with Gasteiger partial charge >= 0.3 is 17.1 Å². The van der Waals surface area contributed by atoms with Gasteiger partial charge in [-0.15, -0.1) is 0 Å². The first kappa shape index (κ1) is 37.9. The number of sulfonamides is 2. The number of ether oxygens (including phenoxy) is 1. The number of halogens is 6. The zero-order chi connectivity index (χ0) is 33.3. The average Bonchev–Trinajstić information content (AvgIpc) is 3.26. The molecule has 1 N–H and O–H groups in total. The van der Waals surface area contributed by atoms with Crippen molar-refractivity contribution in [1.29, 1.82) is 0 Å². The van der Waals surface area contributed by atoms with Gasteiger partial charge in [0.05, 0.1) is 25.7 Å². The third kappa shape index (κ3) is 12.6. The standard InChI is InChI=1S/C23H33N3O2.C2F6NO4S2/c1-19(2)20-11-10-12-21(17-20)23(3,4)24-22(27)28-16-9-7-6-8-13-26-15-14-25(5)18-26;3-1(4,5)14(10,11)9-15(12,13)2(6,7)8/h10-12,14-15,17-18H,1,6-9,13,16H2,2-5H3;/q;-1/p+1. The fourth-order valence-electron chi connectivity index (χ4n) is 3.30. The van der Waals surface area contributed by atoms with E-state index >= 15 is 0 Å². The first-order valence-corrected chi connectivity index (χ1v) is 15.5. The van der Waals surface area contributed by atoms with E-state index in [0.29, 0.717) is 6.61 Å². The molecule has 1 amide bonds. The first-order chi connectivity index (χ1) is 19.5. The maximum Gasteiger partial charge on any atom is 0.480 e. The number of hydrogen-bond acceptors (Lipinski definition) is 6. The van der Waals surface area contributed by atoms with Gasteiger partial charge in [0.25, 0.3) is 0 Å². The van der Waals surface area contributed by atoms with Gasteiger partial charge in [-0.3, -0.25) is 0 Å². The molecule has 0 saturated heterocycles. The molecular formula is C25H34F6N4O6S2. The predicted octanol–water partition coefficient (Wildman–Crippen LogP) is 5.63. The minimum absolute atomic E-state index is 0.370. The number of rotatable bonds is 12. The van der Waals surface area contributed by atoms with Gasteiger partial charge in [-0.1, -0.05) is 30.4 Å². The molecule has 43 heavy (non-hydrogen) atoms. The minimum atomic E-state index is -6.72. The Morgan fingerprint density at radius 1 is 1.00 bits per heavy atom. The fraction of sp³-hybridized carbons (Fsp3) is 0.520.